The molecule has 0 aromatic rings. The molecular formula is C10H17NO3. The summed E-state index contributed by atoms with van der Waals surface area (Å²) in [7, 11) is 0. The van der Waals surface area contributed by atoms with Gasteiger partial charge in [-0.25, -0.2) is 0 Å². The van der Waals surface area contributed by atoms with E-state index in [-0.39, 0.29) is 5.92 Å². The van der Waals surface area contributed by atoms with Crippen LogP contribution in [0.3, 0.4) is 0 Å². The summed E-state index contributed by atoms with van der Waals surface area (Å²) in [6.07, 6.45) is 1.75. The summed E-state index contributed by atoms with van der Waals surface area (Å²) in [4.78, 5) is 10.8. The molecule has 0 spiro atoms. The fourth-order valence-corrected chi connectivity index (χ4v) is 2.84. The van der Waals surface area contributed by atoms with Crippen LogP contribution in [0.1, 0.15) is 19.3 Å². The number of aliphatic hydroxyl groups excluding tert-OH is 1. The van der Waals surface area contributed by atoms with Gasteiger partial charge < -0.3 is 15.5 Å². The summed E-state index contributed by atoms with van der Waals surface area (Å²) >= 11 is 0. The van der Waals surface area contributed by atoms with Crippen molar-refractivity contribution >= 4 is 5.97 Å². The van der Waals surface area contributed by atoms with Crippen LogP contribution in [0.5, 0.6) is 0 Å². The van der Waals surface area contributed by atoms with Gasteiger partial charge in [-0.05, 0) is 44.2 Å². The van der Waals surface area contributed by atoms with Gasteiger partial charge in [0.15, 0.2) is 0 Å². The standard InChI is InChI=1S/C10H17NO3/c12-9-4-6(10(13)14)3-7-5-11-2-1-8(7)9/h6-9,11-12H,1-5H2,(H,13,14). The number of carbonyl (C=O) groups is 1. The quantitative estimate of drug-likeness (QED) is 0.559. The maximum absolute atomic E-state index is 10.8. The van der Waals surface area contributed by atoms with Gasteiger partial charge in [-0.3, -0.25) is 4.79 Å². The molecule has 4 atom stereocenters. The lowest BCUT2D eigenvalue weighted by molar-refractivity contribution is -0.147. The average molecular weight is 199 g/mol. The zero-order chi connectivity index (χ0) is 10.1. The fraction of sp³-hybridized carbons (Fsp3) is 0.900. The molecule has 0 amide bonds. The molecule has 2 fully saturated rings. The van der Waals surface area contributed by atoms with Crippen molar-refractivity contribution in [3.8, 4) is 0 Å². The topological polar surface area (TPSA) is 69.6 Å². The first-order valence-corrected chi connectivity index (χ1v) is 5.30. The van der Waals surface area contributed by atoms with Crippen LogP contribution in [0.4, 0.5) is 0 Å². The van der Waals surface area contributed by atoms with Crippen molar-refractivity contribution in [3.05, 3.63) is 0 Å². The summed E-state index contributed by atoms with van der Waals surface area (Å²) in [6.45, 7) is 1.82. The maximum Gasteiger partial charge on any atom is 0.306 e. The molecule has 2 rings (SSSR count). The zero-order valence-corrected chi connectivity index (χ0v) is 8.15. The highest BCUT2D eigenvalue weighted by Gasteiger charge is 2.40. The number of rotatable bonds is 1. The molecular weight excluding hydrogens is 182 g/mol. The van der Waals surface area contributed by atoms with Gasteiger partial charge in [0.1, 0.15) is 0 Å². The van der Waals surface area contributed by atoms with Gasteiger partial charge in [0.2, 0.25) is 0 Å². The number of hydrogen-bond acceptors (Lipinski definition) is 3. The van der Waals surface area contributed by atoms with Crippen LogP contribution >= 0.6 is 0 Å². The smallest absolute Gasteiger partial charge is 0.306 e. The van der Waals surface area contributed by atoms with Crippen LogP contribution < -0.4 is 5.32 Å². The van der Waals surface area contributed by atoms with E-state index in [0.717, 1.165) is 25.9 Å². The van der Waals surface area contributed by atoms with Crippen LogP contribution in [0.25, 0.3) is 0 Å². The molecule has 1 saturated carbocycles. The Kier molecular flexibility index (Phi) is 2.74. The van der Waals surface area contributed by atoms with E-state index in [1.165, 1.54) is 0 Å². The number of aliphatic hydroxyl groups is 1. The number of carboxylic acid groups (broad SMARTS) is 1. The molecule has 1 heterocycles. The van der Waals surface area contributed by atoms with Crippen LogP contribution in [0, 0.1) is 17.8 Å². The van der Waals surface area contributed by atoms with Crippen molar-refractivity contribution in [1.82, 2.24) is 5.32 Å². The molecule has 0 bridgehead atoms. The first kappa shape index (κ1) is 9.93. The number of aliphatic carboxylic acids is 1. The SMILES string of the molecule is O=C(O)C1CC(O)C2CCNCC2C1. The molecule has 4 heteroatoms. The highest BCUT2D eigenvalue weighted by atomic mass is 16.4. The monoisotopic (exact) mass is 199 g/mol. The third-order valence-electron chi connectivity index (χ3n) is 3.62. The van der Waals surface area contributed by atoms with Gasteiger partial charge in [-0.1, -0.05) is 0 Å². The molecule has 1 saturated heterocycles. The van der Waals surface area contributed by atoms with Crippen molar-refractivity contribution in [2.75, 3.05) is 13.1 Å². The molecule has 1 aliphatic carbocycles. The summed E-state index contributed by atoms with van der Waals surface area (Å²) in [6, 6.07) is 0. The predicted molar refractivity (Wildman–Crippen MR) is 50.8 cm³/mol. The largest absolute Gasteiger partial charge is 0.481 e. The van der Waals surface area contributed by atoms with E-state index in [4.69, 9.17) is 5.11 Å². The Morgan fingerprint density at radius 2 is 2.14 bits per heavy atom. The normalized spacial score (nSPS) is 42.9. The van der Waals surface area contributed by atoms with Crippen molar-refractivity contribution in [1.29, 1.82) is 0 Å². The Hall–Kier alpha value is -0.610. The molecule has 1 aliphatic heterocycles. The van der Waals surface area contributed by atoms with Gasteiger partial charge in [0, 0.05) is 0 Å². The van der Waals surface area contributed by atoms with Crippen molar-refractivity contribution in [3.63, 3.8) is 0 Å². The molecule has 3 N–H and O–H groups in total. The van der Waals surface area contributed by atoms with Crippen molar-refractivity contribution in [2.45, 2.75) is 25.4 Å². The second-order valence-corrected chi connectivity index (χ2v) is 4.49. The minimum absolute atomic E-state index is 0.326. The Morgan fingerprint density at radius 1 is 1.36 bits per heavy atom. The van der Waals surface area contributed by atoms with Gasteiger partial charge >= 0.3 is 5.97 Å². The summed E-state index contributed by atoms with van der Waals surface area (Å²) < 4.78 is 0. The lowest BCUT2D eigenvalue weighted by Gasteiger charge is -2.41. The number of carboxylic acids is 1. The van der Waals surface area contributed by atoms with E-state index in [0.29, 0.717) is 18.3 Å². The average Bonchev–Trinajstić information content (AvgIpc) is 2.17. The fourth-order valence-electron chi connectivity index (χ4n) is 2.84. The third-order valence-corrected chi connectivity index (χ3v) is 3.62. The Balaban J connectivity index is 2.04. The highest BCUT2D eigenvalue weighted by molar-refractivity contribution is 5.70. The molecule has 0 aromatic carbocycles. The zero-order valence-electron chi connectivity index (χ0n) is 8.15. The van der Waals surface area contributed by atoms with E-state index in [1.54, 1.807) is 0 Å². The predicted octanol–water partition coefficient (Wildman–Crippen LogP) is 0.0676. The van der Waals surface area contributed by atoms with Gasteiger partial charge in [-0.2, -0.15) is 0 Å². The second-order valence-electron chi connectivity index (χ2n) is 4.49. The number of nitrogens with one attached hydrogen (secondary N) is 1. The number of piperidine rings is 1. The van der Waals surface area contributed by atoms with Crippen LogP contribution in [-0.4, -0.2) is 35.4 Å². The second kappa shape index (κ2) is 3.87. The minimum atomic E-state index is -0.756. The minimum Gasteiger partial charge on any atom is -0.481 e. The molecule has 4 nitrogen and oxygen atoms in total. The first-order valence-electron chi connectivity index (χ1n) is 5.30. The van der Waals surface area contributed by atoms with Crippen molar-refractivity contribution in [2.24, 2.45) is 17.8 Å². The van der Waals surface area contributed by atoms with Crippen molar-refractivity contribution < 1.29 is 15.0 Å². The van der Waals surface area contributed by atoms with E-state index in [1.807, 2.05) is 0 Å². The Morgan fingerprint density at radius 3 is 2.86 bits per heavy atom. The summed E-state index contributed by atoms with van der Waals surface area (Å²) in [5, 5.41) is 22.0. The number of hydrogen-bond donors (Lipinski definition) is 3. The van der Waals surface area contributed by atoms with Crippen LogP contribution in [-0.2, 0) is 4.79 Å². The lowest BCUT2D eigenvalue weighted by atomic mass is 9.69. The maximum atomic E-state index is 10.8. The Bertz CT molecular complexity index is 231. The third kappa shape index (κ3) is 1.77. The molecule has 80 valence electrons. The molecule has 0 aromatic heterocycles. The summed E-state index contributed by atoms with van der Waals surface area (Å²) in [5.74, 6) is -0.417. The Labute approximate surface area is 83.3 Å². The summed E-state index contributed by atoms with van der Waals surface area (Å²) in [5.41, 5.74) is 0. The van der Waals surface area contributed by atoms with Gasteiger partial charge in [-0.15, -0.1) is 0 Å². The number of fused-ring (bicyclic) bond motifs is 1. The van der Waals surface area contributed by atoms with E-state index >= 15 is 0 Å². The van der Waals surface area contributed by atoms with Gasteiger partial charge in [0.25, 0.3) is 0 Å². The molecule has 0 radical (unpaired) electrons. The van der Waals surface area contributed by atoms with Gasteiger partial charge in [0.05, 0.1) is 12.0 Å². The van der Waals surface area contributed by atoms with E-state index < -0.39 is 12.1 Å². The molecule has 14 heavy (non-hydrogen) atoms. The first-order chi connectivity index (χ1) is 6.68. The lowest BCUT2D eigenvalue weighted by Crippen LogP contribution is -2.47. The van der Waals surface area contributed by atoms with E-state index in [9.17, 15) is 9.90 Å². The van der Waals surface area contributed by atoms with E-state index in [2.05, 4.69) is 5.32 Å². The molecule has 2 aliphatic rings. The molecule has 4 unspecified atom stereocenters. The van der Waals surface area contributed by atoms with Crippen LogP contribution in [0.2, 0.25) is 0 Å². The van der Waals surface area contributed by atoms with Crippen LogP contribution in [0.15, 0.2) is 0 Å². The highest BCUT2D eigenvalue weighted by Crippen LogP contribution is 2.37.